The molecule has 29 heavy (non-hydrogen) atoms. The van der Waals surface area contributed by atoms with Crippen molar-refractivity contribution in [2.24, 2.45) is 5.41 Å². The average Bonchev–Trinajstić information content (AvgIpc) is 2.66. The summed E-state index contributed by atoms with van der Waals surface area (Å²) in [6.07, 6.45) is 0.959. The lowest BCUT2D eigenvalue weighted by Gasteiger charge is -2.60. The molecule has 1 aromatic heterocycles. The molecule has 1 spiro atoms. The minimum absolute atomic E-state index is 0.0183. The number of carbonyl (C=O) groups is 2. The maximum Gasteiger partial charge on any atom is 0.274 e. The second-order valence-corrected chi connectivity index (χ2v) is 7.81. The predicted octanol–water partition coefficient (Wildman–Crippen LogP) is 1.41. The molecule has 4 rings (SSSR count). The molecule has 1 unspecified atom stereocenters. The molecule has 148 valence electrons. The Hall–Kier alpha value is -3.47. The summed E-state index contributed by atoms with van der Waals surface area (Å²) in [6, 6.07) is 10.5. The van der Waals surface area contributed by atoms with Crippen LogP contribution < -0.4 is 4.74 Å². The molecule has 8 nitrogen and oxygen atoms in total. The summed E-state index contributed by atoms with van der Waals surface area (Å²) >= 11 is 0. The quantitative estimate of drug-likeness (QED) is 0.781. The monoisotopic (exact) mass is 391 g/mol. The normalized spacial score (nSPS) is 17.7. The van der Waals surface area contributed by atoms with Crippen LogP contribution >= 0.6 is 0 Å². The van der Waals surface area contributed by atoms with Crippen LogP contribution in [-0.4, -0.2) is 64.1 Å². The highest BCUT2D eigenvalue weighted by Gasteiger charge is 2.55. The van der Waals surface area contributed by atoms with E-state index in [0.29, 0.717) is 43.2 Å². The second kappa shape index (κ2) is 7.17. The van der Waals surface area contributed by atoms with Gasteiger partial charge in [0, 0.05) is 37.8 Å². The van der Waals surface area contributed by atoms with E-state index in [4.69, 9.17) is 10.00 Å². The minimum atomic E-state index is -0.611. The average molecular weight is 391 g/mol. The summed E-state index contributed by atoms with van der Waals surface area (Å²) in [5, 5.41) is 16.6. The molecule has 1 atom stereocenters. The molecule has 3 heterocycles. The molecule has 0 N–H and O–H groups in total. The van der Waals surface area contributed by atoms with Crippen molar-refractivity contribution in [3.05, 3.63) is 53.3 Å². The molecule has 2 aromatic rings. The van der Waals surface area contributed by atoms with Crippen molar-refractivity contribution < 1.29 is 14.3 Å². The number of ether oxygens (including phenoxy) is 1. The Morgan fingerprint density at radius 1 is 1.14 bits per heavy atom. The Kier molecular flexibility index (Phi) is 4.66. The number of rotatable bonds is 4. The lowest BCUT2D eigenvalue weighted by atomic mass is 9.72. The summed E-state index contributed by atoms with van der Waals surface area (Å²) in [4.78, 5) is 28.7. The van der Waals surface area contributed by atoms with Crippen LogP contribution in [0.25, 0.3) is 0 Å². The van der Waals surface area contributed by atoms with Crippen molar-refractivity contribution in [1.82, 2.24) is 20.0 Å². The van der Waals surface area contributed by atoms with Crippen molar-refractivity contribution in [1.29, 1.82) is 5.26 Å². The molecule has 8 heteroatoms. The Bertz CT molecular complexity index is 984. The highest BCUT2D eigenvalue weighted by atomic mass is 16.5. The van der Waals surface area contributed by atoms with E-state index in [9.17, 15) is 9.59 Å². The van der Waals surface area contributed by atoms with Gasteiger partial charge in [0.25, 0.3) is 11.8 Å². The number of hydrogen-bond acceptors (Lipinski definition) is 6. The van der Waals surface area contributed by atoms with Crippen LogP contribution in [0.5, 0.6) is 5.75 Å². The van der Waals surface area contributed by atoms with Crippen LogP contribution in [0.2, 0.25) is 0 Å². The molecule has 0 aliphatic carbocycles. The fourth-order valence-electron chi connectivity index (χ4n) is 3.90. The number of likely N-dealkylation sites (tertiary alicyclic amines) is 2. The van der Waals surface area contributed by atoms with Gasteiger partial charge in [0.05, 0.1) is 11.6 Å². The smallest absolute Gasteiger partial charge is 0.274 e. The lowest BCUT2D eigenvalue weighted by Crippen LogP contribution is -2.74. The lowest BCUT2D eigenvalue weighted by molar-refractivity contribution is -0.161. The van der Waals surface area contributed by atoms with E-state index < -0.39 is 6.10 Å². The third kappa shape index (κ3) is 3.51. The first-order valence-electron chi connectivity index (χ1n) is 9.44. The van der Waals surface area contributed by atoms with Crippen molar-refractivity contribution >= 4 is 11.8 Å². The van der Waals surface area contributed by atoms with Crippen LogP contribution in [0, 0.1) is 23.7 Å². The van der Waals surface area contributed by atoms with Gasteiger partial charge in [-0.2, -0.15) is 10.4 Å². The molecule has 2 saturated heterocycles. The molecule has 1 aromatic carbocycles. The number of nitrogens with zero attached hydrogens (tertiary/aromatic N) is 5. The Balaban J connectivity index is 1.28. The van der Waals surface area contributed by atoms with E-state index in [1.54, 1.807) is 53.3 Å². The van der Waals surface area contributed by atoms with Gasteiger partial charge in [-0.25, -0.2) is 0 Å². The van der Waals surface area contributed by atoms with Gasteiger partial charge in [-0.15, -0.1) is 5.10 Å². The van der Waals surface area contributed by atoms with Gasteiger partial charge in [-0.1, -0.05) is 0 Å². The second-order valence-electron chi connectivity index (χ2n) is 7.81. The van der Waals surface area contributed by atoms with E-state index in [-0.39, 0.29) is 17.2 Å². The van der Waals surface area contributed by atoms with Crippen LogP contribution in [0.3, 0.4) is 0 Å². The third-order valence-corrected chi connectivity index (χ3v) is 5.47. The molecule has 2 amide bonds. The van der Waals surface area contributed by atoms with Gasteiger partial charge in [-0.05, 0) is 49.7 Å². The number of nitriles is 1. The van der Waals surface area contributed by atoms with Gasteiger partial charge in [0.2, 0.25) is 0 Å². The van der Waals surface area contributed by atoms with Gasteiger partial charge >= 0.3 is 0 Å². The summed E-state index contributed by atoms with van der Waals surface area (Å²) in [7, 11) is 0. The minimum Gasteiger partial charge on any atom is -0.481 e. The highest BCUT2D eigenvalue weighted by Crippen LogP contribution is 2.40. The molecule has 2 aliphatic heterocycles. The molecule has 0 radical (unpaired) electrons. The van der Waals surface area contributed by atoms with Gasteiger partial charge in [0.1, 0.15) is 5.75 Å². The van der Waals surface area contributed by atoms with Crippen molar-refractivity contribution in [2.75, 3.05) is 26.2 Å². The number of aromatic nitrogens is 2. The predicted molar refractivity (Wildman–Crippen MR) is 103 cm³/mol. The molecule has 0 saturated carbocycles. The van der Waals surface area contributed by atoms with E-state index in [0.717, 1.165) is 5.56 Å². The first-order valence-corrected chi connectivity index (χ1v) is 9.44. The maximum absolute atomic E-state index is 12.6. The Morgan fingerprint density at radius 3 is 2.41 bits per heavy atom. The van der Waals surface area contributed by atoms with Crippen LogP contribution in [0.15, 0.2) is 36.5 Å². The Morgan fingerprint density at radius 2 is 1.79 bits per heavy atom. The first-order chi connectivity index (χ1) is 13.9. The zero-order valence-electron chi connectivity index (χ0n) is 16.3. The van der Waals surface area contributed by atoms with Gasteiger partial charge < -0.3 is 14.5 Å². The number of aryl methyl sites for hydroxylation is 1. The number of hydrogen-bond donors (Lipinski definition) is 0. The van der Waals surface area contributed by atoms with E-state index in [2.05, 4.69) is 10.2 Å². The van der Waals surface area contributed by atoms with E-state index in [1.165, 1.54) is 0 Å². The van der Waals surface area contributed by atoms with Gasteiger partial charge in [-0.3, -0.25) is 9.59 Å². The standard InChI is InChI=1S/C21H21N5O3/c1-14-7-8-23-24-18(14)20(28)26-12-21(13-26)10-25(11-21)19(27)15(2)29-17-5-3-16(9-22)4-6-17/h3-8,15H,10-13H2,1-2H3. The number of amides is 2. The van der Waals surface area contributed by atoms with Crippen LogP contribution in [0.1, 0.15) is 28.5 Å². The zero-order chi connectivity index (χ0) is 20.6. The van der Waals surface area contributed by atoms with Crippen molar-refractivity contribution in [3.63, 3.8) is 0 Å². The SMILES string of the molecule is Cc1ccnnc1C(=O)N1CC2(C1)CN(C(=O)C(C)Oc1ccc(C#N)cc1)C2. The fraction of sp³-hybridized carbons (Fsp3) is 0.381. The third-order valence-electron chi connectivity index (χ3n) is 5.47. The summed E-state index contributed by atoms with van der Waals surface area (Å²) < 4.78 is 5.70. The first kappa shape index (κ1) is 18.9. The van der Waals surface area contributed by atoms with Crippen LogP contribution in [-0.2, 0) is 4.79 Å². The highest BCUT2D eigenvalue weighted by molar-refractivity contribution is 5.94. The molecular formula is C21H21N5O3. The van der Waals surface area contributed by atoms with E-state index in [1.807, 2.05) is 13.0 Å². The fourth-order valence-corrected chi connectivity index (χ4v) is 3.90. The zero-order valence-corrected chi connectivity index (χ0v) is 16.3. The molecular weight excluding hydrogens is 370 g/mol. The maximum atomic E-state index is 12.6. The number of benzene rings is 1. The van der Waals surface area contributed by atoms with E-state index >= 15 is 0 Å². The Labute approximate surface area is 168 Å². The molecule has 2 fully saturated rings. The largest absolute Gasteiger partial charge is 0.481 e. The van der Waals surface area contributed by atoms with Crippen LogP contribution in [0.4, 0.5) is 0 Å². The molecule has 0 bridgehead atoms. The topological polar surface area (TPSA) is 99.4 Å². The molecule has 2 aliphatic rings. The summed E-state index contributed by atoms with van der Waals surface area (Å²) in [5.74, 6) is 0.373. The summed E-state index contributed by atoms with van der Waals surface area (Å²) in [6.45, 7) is 6.05. The van der Waals surface area contributed by atoms with Gasteiger partial charge in [0.15, 0.2) is 11.8 Å². The summed E-state index contributed by atoms with van der Waals surface area (Å²) in [5.41, 5.74) is 1.72. The van der Waals surface area contributed by atoms with Crippen molar-refractivity contribution in [2.45, 2.75) is 20.0 Å². The number of carbonyl (C=O) groups excluding carboxylic acids is 2. The van der Waals surface area contributed by atoms with Crippen molar-refractivity contribution in [3.8, 4) is 11.8 Å².